The van der Waals surface area contributed by atoms with Crippen molar-refractivity contribution >= 4 is 17.1 Å². The van der Waals surface area contributed by atoms with Crippen LogP contribution in [0.3, 0.4) is 0 Å². The quantitative estimate of drug-likeness (QED) is 0.391. The van der Waals surface area contributed by atoms with Gasteiger partial charge in [-0.2, -0.15) is 18.9 Å². The first-order chi connectivity index (χ1) is 16.7. The molecule has 35 heavy (non-hydrogen) atoms. The standard InChI is InChI=1S/C23H21F4N7O/c1-11-8-33(10-18(35-11)14-7-28-34(9-14)22(26)27)23-31-19(16-5-4-15(24)6-17(16)25)20-21(32-23)30-13(3)12(2)29-20/h4-7,9,11,18,22H,8,10H2,1-3H3/t11-,18-/m1/s1. The highest BCUT2D eigenvalue weighted by Crippen LogP contribution is 2.32. The second-order valence-electron chi connectivity index (χ2n) is 8.43. The maximum absolute atomic E-state index is 14.8. The van der Waals surface area contributed by atoms with E-state index in [0.29, 0.717) is 33.7 Å². The van der Waals surface area contributed by atoms with Crippen molar-refractivity contribution in [2.45, 2.75) is 39.5 Å². The fraction of sp³-hybridized carbons (Fsp3) is 0.348. The van der Waals surface area contributed by atoms with Crippen LogP contribution < -0.4 is 4.90 Å². The lowest BCUT2D eigenvalue weighted by Crippen LogP contribution is -2.43. The number of aryl methyl sites for hydroxylation is 2. The third-order valence-electron chi connectivity index (χ3n) is 5.85. The van der Waals surface area contributed by atoms with Crippen LogP contribution in [0, 0.1) is 25.5 Å². The van der Waals surface area contributed by atoms with Gasteiger partial charge in [0.05, 0.1) is 30.2 Å². The van der Waals surface area contributed by atoms with Crippen LogP contribution in [-0.4, -0.2) is 48.9 Å². The van der Waals surface area contributed by atoms with Gasteiger partial charge in [0.25, 0.3) is 0 Å². The van der Waals surface area contributed by atoms with E-state index in [-0.39, 0.29) is 35.5 Å². The number of morpholine rings is 1. The van der Waals surface area contributed by atoms with E-state index >= 15 is 0 Å². The Morgan fingerprint density at radius 1 is 1.03 bits per heavy atom. The highest BCUT2D eigenvalue weighted by atomic mass is 19.3. The maximum atomic E-state index is 14.8. The zero-order chi connectivity index (χ0) is 24.9. The molecule has 2 atom stereocenters. The lowest BCUT2D eigenvalue weighted by atomic mass is 10.1. The second kappa shape index (κ2) is 8.84. The third kappa shape index (κ3) is 4.41. The van der Waals surface area contributed by atoms with E-state index in [1.807, 2.05) is 11.8 Å². The van der Waals surface area contributed by atoms with Gasteiger partial charge in [0.15, 0.2) is 5.65 Å². The first-order valence-electron chi connectivity index (χ1n) is 10.9. The minimum Gasteiger partial charge on any atom is -0.367 e. The van der Waals surface area contributed by atoms with E-state index in [0.717, 1.165) is 12.1 Å². The summed E-state index contributed by atoms with van der Waals surface area (Å²) in [4.78, 5) is 20.0. The number of anilines is 1. The summed E-state index contributed by atoms with van der Waals surface area (Å²) >= 11 is 0. The Hall–Kier alpha value is -3.67. The van der Waals surface area contributed by atoms with Gasteiger partial charge in [-0.15, -0.1) is 0 Å². The average molecular weight is 487 g/mol. The molecule has 0 bridgehead atoms. The number of hydrogen-bond acceptors (Lipinski definition) is 7. The highest BCUT2D eigenvalue weighted by Gasteiger charge is 2.30. The number of halogens is 4. The summed E-state index contributed by atoms with van der Waals surface area (Å²) in [6, 6.07) is 3.23. The zero-order valence-electron chi connectivity index (χ0n) is 19.1. The minimum atomic E-state index is -2.76. The molecule has 1 saturated heterocycles. The van der Waals surface area contributed by atoms with Gasteiger partial charge < -0.3 is 9.64 Å². The Kier molecular flexibility index (Phi) is 5.83. The fourth-order valence-corrected chi connectivity index (χ4v) is 4.04. The molecule has 182 valence electrons. The first kappa shape index (κ1) is 23.1. The SMILES string of the molecule is Cc1nc2nc(N3C[C@@H](C)O[C@@H](c4cnn(C(F)F)c4)C3)nc(-c3ccc(F)cc3F)c2nc1C. The van der Waals surface area contributed by atoms with Crippen molar-refractivity contribution in [1.82, 2.24) is 29.7 Å². The van der Waals surface area contributed by atoms with Crippen LogP contribution in [0.1, 0.15) is 36.5 Å². The van der Waals surface area contributed by atoms with Crippen LogP contribution in [0.4, 0.5) is 23.5 Å². The molecule has 1 fully saturated rings. The monoisotopic (exact) mass is 487 g/mol. The van der Waals surface area contributed by atoms with Crippen LogP contribution >= 0.6 is 0 Å². The van der Waals surface area contributed by atoms with Crippen molar-refractivity contribution in [3.05, 3.63) is 59.2 Å². The summed E-state index contributed by atoms with van der Waals surface area (Å²) < 4.78 is 60.9. The molecule has 4 aromatic rings. The molecular weight excluding hydrogens is 466 g/mol. The zero-order valence-corrected chi connectivity index (χ0v) is 19.1. The topological polar surface area (TPSA) is 81.9 Å². The van der Waals surface area contributed by atoms with E-state index in [1.54, 1.807) is 13.8 Å². The number of fused-ring (bicyclic) bond motifs is 1. The molecule has 0 amide bonds. The molecular formula is C23H21F4N7O. The van der Waals surface area contributed by atoms with Crippen molar-refractivity contribution in [1.29, 1.82) is 0 Å². The summed E-state index contributed by atoms with van der Waals surface area (Å²) in [6.07, 6.45) is 1.72. The smallest absolute Gasteiger partial charge is 0.333 e. The van der Waals surface area contributed by atoms with Gasteiger partial charge in [0.2, 0.25) is 5.95 Å². The molecule has 3 aromatic heterocycles. The van der Waals surface area contributed by atoms with Crippen molar-refractivity contribution in [3.63, 3.8) is 0 Å². The van der Waals surface area contributed by atoms with E-state index < -0.39 is 24.3 Å². The molecule has 8 nitrogen and oxygen atoms in total. The minimum absolute atomic E-state index is 0.0636. The summed E-state index contributed by atoms with van der Waals surface area (Å²) in [5.74, 6) is -1.25. The Morgan fingerprint density at radius 3 is 2.51 bits per heavy atom. The van der Waals surface area contributed by atoms with Crippen LogP contribution in [0.2, 0.25) is 0 Å². The molecule has 0 radical (unpaired) electrons. The lowest BCUT2D eigenvalue weighted by Gasteiger charge is -2.36. The maximum Gasteiger partial charge on any atom is 0.333 e. The van der Waals surface area contributed by atoms with E-state index in [2.05, 4.69) is 25.0 Å². The Bertz CT molecular complexity index is 1410. The Labute approximate surface area is 197 Å². The van der Waals surface area contributed by atoms with Crippen molar-refractivity contribution in [3.8, 4) is 11.3 Å². The fourth-order valence-electron chi connectivity index (χ4n) is 4.04. The van der Waals surface area contributed by atoms with E-state index in [9.17, 15) is 17.6 Å². The Balaban J connectivity index is 1.60. The lowest BCUT2D eigenvalue weighted by molar-refractivity contribution is -0.0181. The highest BCUT2D eigenvalue weighted by molar-refractivity contribution is 5.88. The molecule has 5 rings (SSSR count). The van der Waals surface area contributed by atoms with Gasteiger partial charge >= 0.3 is 6.55 Å². The molecule has 12 heteroatoms. The van der Waals surface area contributed by atoms with Gasteiger partial charge in [0.1, 0.15) is 28.9 Å². The number of alkyl halides is 2. The van der Waals surface area contributed by atoms with Gasteiger partial charge in [0, 0.05) is 29.9 Å². The molecule has 0 saturated carbocycles. The normalized spacial score (nSPS) is 18.6. The van der Waals surface area contributed by atoms with E-state index in [1.165, 1.54) is 18.5 Å². The number of benzene rings is 1. The number of nitrogens with zero attached hydrogens (tertiary/aromatic N) is 7. The van der Waals surface area contributed by atoms with Gasteiger partial charge in [-0.1, -0.05) is 0 Å². The molecule has 0 N–H and O–H groups in total. The number of rotatable bonds is 4. The van der Waals surface area contributed by atoms with Gasteiger partial charge in [-0.25, -0.2) is 28.4 Å². The van der Waals surface area contributed by atoms with Crippen LogP contribution in [0.5, 0.6) is 0 Å². The van der Waals surface area contributed by atoms with Crippen molar-refractivity contribution < 1.29 is 22.3 Å². The molecule has 1 aromatic carbocycles. The molecule has 0 unspecified atom stereocenters. The van der Waals surface area contributed by atoms with Crippen molar-refractivity contribution in [2.24, 2.45) is 0 Å². The average Bonchev–Trinajstić information content (AvgIpc) is 3.30. The molecule has 4 heterocycles. The molecule has 0 aliphatic carbocycles. The molecule has 0 spiro atoms. The van der Waals surface area contributed by atoms with Crippen LogP contribution in [-0.2, 0) is 4.74 Å². The summed E-state index contributed by atoms with van der Waals surface area (Å²) in [5, 5.41) is 3.69. The summed E-state index contributed by atoms with van der Waals surface area (Å²) in [6.45, 7) is 3.28. The Morgan fingerprint density at radius 2 is 1.80 bits per heavy atom. The number of ether oxygens (including phenoxy) is 1. The predicted octanol–water partition coefficient (Wildman–Crippen LogP) is 4.54. The molecule has 1 aliphatic rings. The van der Waals surface area contributed by atoms with Gasteiger partial charge in [-0.05, 0) is 32.9 Å². The predicted molar refractivity (Wildman–Crippen MR) is 119 cm³/mol. The number of hydrogen-bond donors (Lipinski definition) is 0. The summed E-state index contributed by atoms with van der Waals surface area (Å²) in [7, 11) is 0. The van der Waals surface area contributed by atoms with E-state index in [4.69, 9.17) is 4.74 Å². The number of aromatic nitrogens is 6. The summed E-state index contributed by atoms with van der Waals surface area (Å²) in [5.41, 5.74) is 2.57. The first-order valence-corrected chi connectivity index (χ1v) is 10.9. The van der Waals surface area contributed by atoms with Crippen LogP contribution in [0.25, 0.3) is 22.4 Å². The largest absolute Gasteiger partial charge is 0.367 e. The van der Waals surface area contributed by atoms with Crippen molar-refractivity contribution in [2.75, 3.05) is 18.0 Å². The molecule has 1 aliphatic heterocycles. The third-order valence-corrected chi connectivity index (χ3v) is 5.85. The van der Waals surface area contributed by atoms with Crippen LogP contribution in [0.15, 0.2) is 30.6 Å². The van der Waals surface area contributed by atoms with Gasteiger partial charge in [-0.3, -0.25) is 0 Å². The second-order valence-corrected chi connectivity index (χ2v) is 8.43.